The molecule has 3 heteroatoms. The van der Waals surface area contributed by atoms with Crippen LogP contribution in [0.2, 0.25) is 0 Å². The molecule has 0 spiro atoms. The molecule has 1 aromatic rings. The molecule has 1 atom stereocenters. The van der Waals surface area contributed by atoms with E-state index in [9.17, 15) is 0 Å². The first-order valence-corrected chi connectivity index (χ1v) is 6.07. The number of aromatic nitrogens is 2. The average molecular weight is 207 g/mol. The first kappa shape index (κ1) is 10.7. The second-order valence-corrected chi connectivity index (χ2v) is 4.56. The molecule has 0 amide bonds. The van der Waals surface area contributed by atoms with E-state index in [1.165, 1.54) is 17.2 Å². The van der Waals surface area contributed by atoms with Gasteiger partial charge < -0.3 is 10.7 Å². The molecule has 15 heavy (non-hydrogen) atoms. The maximum Gasteiger partial charge on any atom is 0.109 e. The summed E-state index contributed by atoms with van der Waals surface area (Å²) in [6, 6.07) is 0.326. The van der Waals surface area contributed by atoms with E-state index < -0.39 is 0 Å². The number of aromatic amines is 1. The number of rotatable bonds is 3. The minimum absolute atomic E-state index is 0.326. The number of nitrogens with zero attached hydrogens (tertiary/aromatic N) is 1. The maximum atomic E-state index is 5.95. The third-order valence-corrected chi connectivity index (χ3v) is 3.47. The van der Waals surface area contributed by atoms with Crippen LogP contribution in [0.25, 0.3) is 0 Å². The van der Waals surface area contributed by atoms with Gasteiger partial charge in [-0.25, -0.2) is 4.98 Å². The van der Waals surface area contributed by atoms with Crippen molar-refractivity contribution < 1.29 is 0 Å². The van der Waals surface area contributed by atoms with Crippen LogP contribution >= 0.6 is 0 Å². The number of nitrogens with two attached hydrogens (primary N) is 1. The molecule has 3 N–H and O–H groups in total. The van der Waals surface area contributed by atoms with Crippen LogP contribution in [0.15, 0.2) is 0 Å². The molecular formula is C12H21N3. The normalized spacial score (nSPS) is 20.7. The zero-order valence-electron chi connectivity index (χ0n) is 9.71. The van der Waals surface area contributed by atoms with Crippen LogP contribution < -0.4 is 5.73 Å². The number of hydrogen-bond acceptors (Lipinski definition) is 2. The maximum absolute atomic E-state index is 5.95. The molecule has 3 nitrogen and oxygen atoms in total. The lowest BCUT2D eigenvalue weighted by molar-refractivity contribution is 0.564. The second kappa shape index (κ2) is 4.35. The van der Waals surface area contributed by atoms with Crippen molar-refractivity contribution in [3.05, 3.63) is 17.2 Å². The van der Waals surface area contributed by atoms with Gasteiger partial charge in [0.05, 0.1) is 5.69 Å². The molecule has 1 heterocycles. The topological polar surface area (TPSA) is 54.7 Å². The Morgan fingerprint density at radius 2 is 2.20 bits per heavy atom. The Morgan fingerprint density at radius 1 is 1.47 bits per heavy atom. The summed E-state index contributed by atoms with van der Waals surface area (Å²) in [5.41, 5.74) is 8.50. The number of fused-ring (bicyclic) bond motifs is 1. The third-order valence-electron chi connectivity index (χ3n) is 3.47. The van der Waals surface area contributed by atoms with Crippen LogP contribution in [0.1, 0.15) is 56.2 Å². The first-order chi connectivity index (χ1) is 7.24. The number of aryl methyl sites for hydroxylation is 1. The quantitative estimate of drug-likeness (QED) is 0.797. The van der Waals surface area contributed by atoms with E-state index in [0.717, 1.165) is 32.1 Å². The number of nitrogens with one attached hydrogen (secondary N) is 1. The van der Waals surface area contributed by atoms with E-state index >= 15 is 0 Å². The molecule has 2 rings (SSSR count). The predicted molar refractivity (Wildman–Crippen MR) is 61.9 cm³/mol. The summed E-state index contributed by atoms with van der Waals surface area (Å²) in [5.74, 6) is 1.77. The molecule has 0 bridgehead atoms. The lowest BCUT2D eigenvalue weighted by atomic mass is 9.97. The predicted octanol–water partition coefficient (Wildman–Crippen LogP) is 2.13. The van der Waals surface area contributed by atoms with Crippen LogP contribution in [0.4, 0.5) is 0 Å². The highest BCUT2D eigenvalue weighted by atomic mass is 15.0. The number of imidazole rings is 1. The SMILES string of the molecule is CCC(CC)c1nc2c([nH]1)CC(N)CC2. The second-order valence-electron chi connectivity index (χ2n) is 4.56. The summed E-state index contributed by atoms with van der Waals surface area (Å²) in [5, 5.41) is 0. The van der Waals surface area contributed by atoms with Gasteiger partial charge in [0.1, 0.15) is 5.82 Å². The number of hydrogen-bond donors (Lipinski definition) is 2. The molecule has 1 unspecified atom stereocenters. The molecule has 0 saturated carbocycles. The van der Waals surface area contributed by atoms with Crippen molar-refractivity contribution in [3.63, 3.8) is 0 Å². The summed E-state index contributed by atoms with van der Waals surface area (Å²) < 4.78 is 0. The van der Waals surface area contributed by atoms with Crippen molar-refractivity contribution in [1.29, 1.82) is 0 Å². The molecule has 0 aromatic carbocycles. The molecule has 1 aliphatic rings. The molecule has 0 saturated heterocycles. The minimum Gasteiger partial charge on any atom is -0.345 e. The smallest absolute Gasteiger partial charge is 0.109 e. The van der Waals surface area contributed by atoms with Crippen molar-refractivity contribution in [1.82, 2.24) is 9.97 Å². The summed E-state index contributed by atoms with van der Waals surface area (Å²) in [6.07, 6.45) is 5.43. The van der Waals surface area contributed by atoms with E-state index in [0.29, 0.717) is 12.0 Å². The lowest BCUT2D eigenvalue weighted by Gasteiger charge is -2.16. The Morgan fingerprint density at radius 3 is 2.87 bits per heavy atom. The van der Waals surface area contributed by atoms with Gasteiger partial charge in [-0.05, 0) is 25.7 Å². The van der Waals surface area contributed by atoms with Gasteiger partial charge in [-0.1, -0.05) is 13.8 Å². The van der Waals surface area contributed by atoms with Gasteiger partial charge in [0, 0.05) is 24.1 Å². The van der Waals surface area contributed by atoms with E-state index in [4.69, 9.17) is 10.7 Å². The van der Waals surface area contributed by atoms with Gasteiger partial charge in [0.2, 0.25) is 0 Å². The Hall–Kier alpha value is -0.830. The first-order valence-electron chi connectivity index (χ1n) is 6.07. The lowest BCUT2D eigenvalue weighted by Crippen LogP contribution is -2.27. The van der Waals surface area contributed by atoms with Crippen LogP contribution in [0.3, 0.4) is 0 Å². The van der Waals surface area contributed by atoms with E-state index in [1.807, 2.05) is 0 Å². The molecule has 0 aliphatic heterocycles. The highest BCUT2D eigenvalue weighted by Crippen LogP contribution is 2.25. The number of H-pyrrole nitrogens is 1. The fourth-order valence-corrected chi connectivity index (χ4v) is 2.40. The van der Waals surface area contributed by atoms with Crippen molar-refractivity contribution in [2.45, 2.75) is 57.9 Å². The summed E-state index contributed by atoms with van der Waals surface area (Å²) in [6.45, 7) is 4.45. The van der Waals surface area contributed by atoms with Gasteiger partial charge in [-0.15, -0.1) is 0 Å². The van der Waals surface area contributed by atoms with Crippen LogP contribution in [0, 0.1) is 0 Å². The molecule has 1 aromatic heterocycles. The van der Waals surface area contributed by atoms with Gasteiger partial charge in [0.25, 0.3) is 0 Å². The highest BCUT2D eigenvalue weighted by molar-refractivity contribution is 5.20. The van der Waals surface area contributed by atoms with Gasteiger partial charge >= 0.3 is 0 Å². The average Bonchev–Trinajstić information content (AvgIpc) is 2.62. The molecule has 0 radical (unpaired) electrons. The zero-order valence-corrected chi connectivity index (χ0v) is 9.71. The van der Waals surface area contributed by atoms with Crippen molar-refractivity contribution in [2.24, 2.45) is 5.73 Å². The Labute approximate surface area is 91.5 Å². The van der Waals surface area contributed by atoms with Gasteiger partial charge in [0.15, 0.2) is 0 Å². The largest absolute Gasteiger partial charge is 0.345 e. The van der Waals surface area contributed by atoms with Crippen molar-refractivity contribution in [3.8, 4) is 0 Å². The Kier molecular flexibility index (Phi) is 3.10. The van der Waals surface area contributed by atoms with E-state index in [1.54, 1.807) is 0 Å². The standard InChI is InChI=1S/C12H21N3/c1-3-8(4-2)12-14-10-6-5-9(13)7-11(10)15-12/h8-9H,3-7,13H2,1-2H3,(H,14,15). The van der Waals surface area contributed by atoms with Crippen molar-refractivity contribution in [2.75, 3.05) is 0 Å². The summed E-state index contributed by atoms with van der Waals surface area (Å²) in [4.78, 5) is 8.19. The van der Waals surface area contributed by atoms with E-state index in [2.05, 4.69) is 18.8 Å². The van der Waals surface area contributed by atoms with E-state index in [-0.39, 0.29) is 0 Å². The molecule has 1 aliphatic carbocycles. The third kappa shape index (κ3) is 2.07. The molecule has 84 valence electrons. The Bertz CT molecular complexity index is 326. The Balaban J connectivity index is 2.22. The van der Waals surface area contributed by atoms with Crippen molar-refractivity contribution >= 4 is 0 Å². The minimum atomic E-state index is 0.326. The van der Waals surface area contributed by atoms with Crippen LogP contribution in [-0.4, -0.2) is 16.0 Å². The summed E-state index contributed by atoms with van der Waals surface area (Å²) in [7, 11) is 0. The zero-order chi connectivity index (χ0) is 10.8. The monoisotopic (exact) mass is 207 g/mol. The van der Waals surface area contributed by atoms with Gasteiger partial charge in [-0.2, -0.15) is 0 Å². The molecule has 0 fully saturated rings. The fourth-order valence-electron chi connectivity index (χ4n) is 2.40. The van der Waals surface area contributed by atoms with Crippen LogP contribution in [-0.2, 0) is 12.8 Å². The fraction of sp³-hybridized carbons (Fsp3) is 0.750. The highest BCUT2D eigenvalue weighted by Gasteiger charge is 2.21. The van der Waals surface area contributed by atoms with Crippen LogP contribution in [0.5, 0.6) is 0 Å². The molecular weight excluding hydrogens is 186 g/mol. The van der Waals surface area contributed by atoms with Gasteiger partial charge in [-0.3, -0.25) is 0 Å². The summed E-state index contributed by atoms with van der Waals surface area (Å²) >= 11 is 0.